The Kier molecular flexibility index (Phi) is 4.80. The highest BCUT2D eigenvalue weighted by Crippen LogP contribution is 2.22. The van der Waals surface area contributed by atoms with Gasteiger partial charge in [-0.1, -0.05) is 0 Å². The molecule has 2 heterocycles. The molecule has 0 spiro atoms. The van der Waals surface area contributed by atoms with Gasteiger partial charge >= 0.3 is 5.97 Å². The van der Waals surface area contributed by atoms with E-state index in [4.69, 9.17) is 14.4 Å². The zero-order chi connectivity index (χ0) is 17.8. The number of halogens is 1. The van der Waals surface area contributed by atoms with E-state index < -0.39 is 17.8 Å². The highest BCUT2D eigenvalue weighted by molar-refractivity contribution is 5.94. The van der Waals surface area contributed by atoms with Crippen LogP contribution in [0.3, 0.4) is 0 Å². The van der Waals surface area contributed by atoms with Crippen LogP contribution in [0, 0.1) is 17.1 Å². The molecule has 6 nitrogen and oxygen atoms in total. The third-order valence-electron chi connectivity index (χ3n) is 4.06. The number of hydrogen-bond acceptors (Lipinski definition) is 5. The van der Waals surface area contributed by atoms with Crippen molar-refractivity contribution in [1.29, 1.82) is 5.26 Å². The molecule has 1 saturated heterocycles. The van der Waals surface area contributed by atoms with Crippen LogP contribution in [0.5, 0.6) is 0 Å². The number of benzene rings is 1. The standard InChI is InChI=1S/C18H15FN2O4/c19-14-6-5-12(10-20)9-13(14)11-25-18(23)15-3-1-7-21(15)17(22)16-4-2-8-24-16/h2,4-6,8-9,15H,1,3,7,11H2/t15-/m1/s1. The number of likely N-dealkylation sites (tertiary alicyclic amines) is 1. The first-order chi connectivity index (χ1) is 12.1. The average Bonchev–Trinajstić information content (AvgIpc) is 3.31. The van der Waals surface area contributed by atoms with E-state index in [-0.39, 0.29) is 29.4 Å². The van der Waals surface area contributed by atoms with E-state index in [0.29, 0.717) is 19.4 Å². The summed E-state index contributed by atoms with van der Waals surface area (Å²) in [5, 5.41) is 8.86. The normalized spacial score (nSPS) is 16.5. The van der Waals surface area contributed by atoms with Crippen LogP contribution < -0.4 is 0 Å². The second-order valence-electron chi connectivity index (χ2n) is 5.66. The molecular formula is C18H15FN2O4. The Labute approximate surface area is 143 Å². The summed E-state index contributed by atoms with van der Waals surface area (Å²) in [5.41, 5.74) is 0.400. The first-order valence-corrected chi connectivity index (χ1v) is 7.80. The Hall–Kier alpha value is -3.14. The maximum absolute atomic E-state index is 13.7. The van der Waals surface area contributed by atoms with Crippen molar-refractivity contribution >= 4 is 11.9 Å². The molecule has 2 aromatic rings. The fourth-order valence-corrected chi connectivity index (χ4v) is 2.80. The van der Waals surface area contributed by atoms with Crippen LogP contribution in [0.4, 0.5) is 4.39 Å². The minimum atomic E-state index is -0.722. The van der Waals surface area contributed by atoms with Crippen LogP contribution in [0.25, 0.3) is 0 Å². The lowest BCUT2D eigenvalue weighted by molar-refractivity contribution is -0.149. The monoisotopic (exact) mass is 342 g/mol. The van der Waals surface area contributed by atoms with Gasteiger partial charge in [0.15, 0.2) is 5.76 Å². The van der Waals surface area contributed by atoms with Gasteiger partial charge in [-0.15, -0.1) is 0 Å². The highest BCUT2D eigenvalue weighted by atomic mass is 19.1. The minimum Gasteiger partial charge on any atom is -0.459 e. The van der Waals surface area contributed by atoms with Crippen LogP contribution >= 0.6 is 0 Å². The van der Waals surface area contributed by atoms with E-state index in [1.54, 1.807) is 6.07 Å². The van der Waals surface area contributed by atoms with Gasteiger partial charge in [-0.2, -0.15) is 5.26 Å². The quantitative estimate of drug-likeness (QED) is 0.798. The first kappa shape index (κ1) is 16.7. The van der Waals surface area contributed by atoms with E-state index >= 15 is 0 Å². The molecule has 7 heteroatoms. The van der Waals surface area contributed by atoms with Crippen molar-refractivity contribution < 1.29 is 23.1 Å². The molecular weight excluding hydrogens is 327 g/mol. The molecule has 1 aliphatic heterocycles. The van der Waals surface area contributed by atoms with Crippen molar-refractivity contribution in [2.45, 2.75) is 25.5 Å². The van der Waals surface area contributed by atoms with E-state index in [9.17, 15) is 14.0 Å². The molecule has 3 rings (SSSR count). The summed E-state index contributed by atoms with van der Waals surface area (Å²) in [5.74, 6) is -1.37. The van der Waals surface area contributed by atoms with Gasteiger partial charge in [0, 0.05) is 12.1 Å². The summed E-state index contributed by atoms with van der Waals surface area (Å²) in [6.07, 6.45) is 2.54. The Balaban J connectivity index is 1.66. The van der Waals surface area contributed by atoms with Crippen molar-refractivity contribution in [2.24, 2.45) is 0 Å². The Morgan fingerprint density at radius 3 is 2.96 bits per heavy atom. The maximum atomic E-state index is 13.7. The zero-order valence-electron chi connectivity index (χ0n) is 13.3. The first-order valence-electron chi connectivity index (χ1n) is 7.80. The lowest BCUT2D eigenvalue weighted by Crippen LogP contribution is -2.41. The number of nitrogens with zero attached hydrogens (tertiary/aromatic N) is 2. The number of carbonyl (C=O) groups excluding carboxylic acids is 2. The van der Waals surface area contributed by atoms with Gasteiger partial charge in [0.1, 0.15) is 18.5 Å². The molecule has 0 N–H and O–H groups in total. The highest BCUT2D eigenvalue weighted by Gasteiger charge is 2.36. The third kappa shape index (κ3) is 3.53. The number of esters is 1. The molecule has 0 radical (unpaired) electrons. The summed E-state index contributed by atoms with van der Waals surface area (Å²) < 4.78 is 24.0. The fourth-order valence-electron chi connectivity index (χ4n) is 2.80. The van der Waals surface area contributed by atoms with Gasteiger partial charge < -0.3 is 14.1 Å². The molecule has 1 aromatic carbocycles. The van der Waals surface area contributed by atoms with Gasteiger partial charge in [-0.3, -0.25) is 4.79 Å². The third-order valence-corrected chi connectivity index (χ3v) is 4.06. The molecule has 0 unspecified atom stereocenters. The van der Waals surface area contributed by atoms with Crippen molar-refractivity contribution in [3.8, 4) is 6.07 Å². The van der Waals surface area contributed by atoms with Gasteiger partial charge in [0.2, 0.25) is 0 Å². The molecule has 128 valence electrons. The second kappa shape index (κ2) is 7.18. The Morgan fingerprint density at radius 1 is 1.40 bits per heavy atom. The van der Waals surface area contributed by atoms with Crippen LogP contribution in [-0.4, -0.2) is 29.4 Å². The van der Waals surface area contributed by atoms with Crippen LogP contribution in [0.1, 0.15) is 34.5 Å². The Bertz CT molecular complexity index is 826. The number of carbonyl (C=O) groups is 2. The lowest BCUT2D eigenvalue weighted by Gasteiger charge is -2.22. The number of ether oxygens (including phenoxy) is 1. The SMILES string of the molecule is N#Cc1ccc(F)c(COC(=O)[C@H]2CCCN2C(=O)c2ccco2)c1. The predicted octanol–water partition coefficient (Wildman–Crippen LogP) is 2.64. The van der Waals surface area contributed by atoms with Crippen LogP contribution in [-0.2, 0) is 16.1 Å². The van der Waals surface area contributed by atoms with E-state index in [1.165, 1.54) is 29.4 Å². The number of hydrogen-bond donors (Lipinski definition) is 0. The smallest absolute Gasteiger partial charge is 0.329 e. The number of amides is 1. The average molecular weight is 342 g/mol. The zero-order valence-corrected chi connectivity index (χ0v) is 13.3. The molecule has 1 atom stereocenters. The van der Waals surface area contributed by atoms with Crippen molar-refractivity contribution in [3.63, 3.8) is 0 Å². The Morgan fingerprint density at radius 2 is 2.24 bits per heavy atom. The summed E-state index contributed by atoms with van der Waals surface area (Å²) in [6.45, 7) is 0.136. The van der Waals surface area contributed by atoms with E-state index in [0.717, 1.165) is 6.07 Å². The van der Waals surface area contributed by atoms with Crippen LogP contribution in [0.2, 0.25) is 0 Å². The second-order valence-corrected chi connectivity index (χ2v) is 5.66. The van der Waals surface area contributed by atoms with Crippen molar-refractivity contribution in [1.82, 2.24) is 4.90 Å². The van der Waals surface area contributed by atoms with Crippen molar-refractivity contribution in [3.05, 3.63) is 59.3 Å². The van der Waals surface area contributed by atoms with Crippen LogP contribution in [0.15, 0.2) is 41.0 Å². The maximum Gasteiger partial charge on any atom is 0.329 e. The molecule has 1 aromatic heterocycles. The van der Waals surface area contributed by atoms with Gasteiger partial charge in [0.25, 0.3) is 5.91 Å². The summed E-state index contributed by atoms with van der Waals surface area (Å²) in [6, 6.07) is 8.16. The molecule has 0 bridgehead atoms. The topological polar surface area (TPSA) is 83.5 Å². The predicted molar refractivity (Wildman–Crippen MR) is 83.7 cm³/mol. The van der Waals surface area contributed by atoms with E-state index in [1.807, 2.05) is 6.07 Å². The molecule has 1 aliphatic rings. The molecule has 25 heavy (non-hydrogen) atoms. The van der Waals surface area contributed by atoms with Crippen molar-refractivity contribution in [2.75, 3.05) is 6.54 Å². The fraction of sp³-hybridized carbons (Fsp3) is 0.278. The molecule has 0 aliphatic carbocycles. The number of furan rings is 1. The largest absolute Gasteiger partial charge is 0.459 e. The summed E-state index contributed by atoms with van der Waals surface area (Å²) in [7, 11) is 0. The molecule has 0 saturated carbocycles. The molecule has 1 amide bonds. The minimum absolute atomic E-state index is 0.120. The van der Waals surface area contributed by atoms with Gasteiger partial charge in [0.05, 0.1) is 17.9 Å². The number of nitriles is 1. The van der Waals surface area contributed by atoms with Gasteiger partial charge in [-0.05, 0) is 43.2 Å². The lowest BCUT2D eigenvalue weighted by atomic mass is 10.1. The molecule has 1 fully saturated rings. The summed E-state index contributed by atoms with van der Waals surface area (Å²) in [4.78, 5) is 26.1. The van der Waals surface area contributed by atoms with Gasteiger partial charge in [-0.25, -0.2) is 9.18 Å². The van der Waals surface area contributed by atoms with E-state index in [2.05, 4.69) is 0 Å². The number of rotatable bonds is 4. The summed E-state index contributed by atoms with van der Waals surface area (Å²) >= 11 is 0.